The molecular formula is C25H30F2N10O8P2S2+2. The molecule has 10 atom stereocenters. The number of nitrogens with one attached hydrogen (secondary N) is 2. The minimum Gasteiger partial charge on any atom is -0.394 e. The van der Waals surface area contributed by atoms with Gasteiger partial charge in [-0.3, -0.25) is 9.13 Å². The number of fused-ring (bicyclic) bond motifs is 2. The highest BCUT2D eigenvalue weighted by Crippen LogP contribution is 2.42. The minimum atomic E-state index is -2.43. The maximum Gasteiger partial charge on any atom is 0.582 e. The number of ether oxygens (including phenoxy) is 2. The van der Waals surface area contributed by atoms with Gasteiger partial charge in [0.25, 0.3) is 0 Å². The van der Waals surface area contributed by atoms with Gasteiger partial charge in [0.2, 0.25) is 0 Å². The molecule has 0 aliphatic carbocycles. The van der Waals surface area contributed by atoms with Crippen LogP contribution in [0.25, 0.3) is 22.3 Å². The Hall–Kier alpha value is -3.04. The second-order valence-electron chi connectivity index (χ2n) is 10.7. The van der Waals surface area contributed by atoms with Crippen molar-refractivity contribution in [3.8, 4) is 0 Å². The fourth-order valence-electron chi connectivity index (χ4n) is 5.56. The molecule has 18 nitrogen and oxygen atoms in total. The molecule has 24 heteroatoms. The molecule has 6 heterocycles. The first-order chi connectivity index (χ1) is 23.7. The van der Waals surface area contributed by atoms with Gasteiger partial charge in [-0.25, -0.2) is 38.7 Å². The van der Waals surface area contributed by atoms with Crippen LogP contribution in [0.15, 0.2) is 37.5 Å². The normalized spacial score (nSPS) is 27.8. The summed E-state index contributed by atoms with van der Waals surface area (Å²) in [6, 6.07) is 0. The van der Waals surface area contributed by atoms with Crippen molar-refractivity contribution in [1.29, 1.82) is 0 Å². The first kappa shape index (κ1) is 35.8. The van der Waals surface area contributed by atoms with Crippen LogP contribution in [0.2, 0.25) is 0 Å². The Bertz CT molecular complexity index is 1840. The van der Waals surface area contributed by atoms with E-state index in [9.17, 15) is 19.3 Å². The predicted molar refractivity (Wildman–Crippen MR) is 176 cm³/mol. The van der Waals surface area contributed by atoms with Crippen molar-refractivity contribution in [2.24, 2.45) is 0 Å². The number of anilines is 2. The molecule has 3 unspecified atom stereocenters. The van der Waals surface area contributed by atoms with Crippen molar-refractivity contribution in [3.63, 3.8) is 0 Å². The zero-order valence-corrected chi connectivity index (χ0v) is 28.7. The summed E-state index contributed by atoms with van der Waals surface area (Å²) in [5.41, 5.74) is 1.30. The topological polar surface area (TPSA) is 223 Å². The van der Waals surface area contributed by atoms with Gasteiger partial charge in [-0.05, 0) is 15.6 Å². The maximum absolute atomic E-state index is 15.2. The van der Waals surface area contributed by atoms with Gasteiger partial charge in [0, 0.05) is 13.1 Å². The molecule has 4 aromatic heterocycles. The van der Waals surface area contributed by atoms with Crippen molar-refractivity contribution >= 4 is 72.9 Å². The molecule has 0 radical (unpaired) electrons. The van der Waals surface area contributed by atoms with E-state index in [2.05, 4.69) is 65.0 Å². The van der Waals surface area contributed by atoms with E-state index in [1.54, 1.807) is 0 Å². The van der Waals surface area contributed by atoms with Crippen molar-refractivity contribution < 1.29 is 46.6 Å². The average Bonchev–Trinajstić information content (AvgIpc) is 3.85. The Kier molecular flexibility index (Phi) is 11.6. The Morgan fingerprint density at radius 2 is 1.29 bits per heavy atom. The van der Waals surface area contributed by atoms with Gasteiger partial charge in [-0.15, -0.1) is 9.05 Å². The number of imidazole rings is 2. The maximum atomic E-state index is 15.2. The molecule has 49 heavy (non-hydrogen) atoms. The van der Waals surface area contributed by atoms with Crippen LogP contribution in [-0.2, 0) is 27.7 Å². The molecule has 0 saturated carbocycles. The highest BCUT2D eigenvalue weighted by Gasteiger charge is 2.52. The SMILES string of the molecule is O=[P+](S)O[C@H]1[C@@H](F)[C@H](n2cnc3c(NC/C=C/CCNc4ncnc5c4ncn5[C@@H]4OC(CO)[C@@H](O[P+](=O)S)[C@H]4F)ncnc32)O[C@@H]1CO. The lowest BCUT2D eigenvalue weighted by Gasteiger charge is -2.15. The molecule has 4 N–H and O–H groups in total. The lowest BCUT2D eigenvalue weighted by Crippen LogP contribution is -2.31. The van der Waals surface area contributed by atoms with E-state index >= 15 is 8.78 Å². The standard InChI is InChI=1S/C25H28F2N10O8P2S2/c26-14-18(44-46(40)48)12(6-38)42-24(14)36-10-34-16-20(30-8-32-22(16)36)28-4-2-1-3-5-29-21-17-23(33-9-31-21)37(11-35-17)25-15(27)19(45-47(41)49)13(7-39)43-25/h1-2,8-15,18-19,24-25,38-39H,3-7H2,(H2-2,28,29,30,31,32,33,40,41,48,49)/p+2/b2-1+/t12-,13?,14-,15-,18-,19-,24-,25-/m1/s1. The van der Waals surface area contributed by atoms with E-state index in [4.69, 9.17) is 18.5 Å². The number of aliphatic hydroxyl groups excluding tert-OH is 2. The van der Waals surface area contributed by atoms with Gasteiger partial charge in [0.05, 0.1) is 25.9 Å². The van der Waals surface area contributed by atoms with Crippen LogP contribution in [0.4, 0.5) is 20.4 Å². The third kappa shape index (κ3) is 7.53. The summed E-state index contributed by atoms with van der Waals surface area (Å²) in [6.07, 6.45) is -1.06. The summed E-state index contributed by atoms with van der Waals surface area (Å²) in [7, 11) is -4.85. The van der Waals surface area contributed by atoms with E-state index in [0.29, 0.717) is 42.2 Å². The molecule has 6 rings (SSSR count). The number of alkyl halides is 2. The summed E-state index contributed by atoms with van der Waals surface area (Å²) in [5.74, 6) is 0.810. The summed E-state index contributed by atoms with van der Waals surface area (Å²) in [6.45, 7) is -0.261. The summed E-state index contributed by atoms with van der Waals surface area (Å²) >= 11 is 7.35. The zero-order chi connectivity index (χ0) is 34.7. The van der Waals surface area contributed by atoms with Gasteiger partial charge in [-0.2, -0.15) is 0 Å². The van der Waals surface area contributed by atoms with E-state index in [1.807, 2.05) is 12.2 Å². The van der Waals surface area contributed by atoms with Gasteiger partial charge < -0.3 is 30.3 Å². The lowest BCUT2D eigenvalue weighted by molar-refractivity contribution is -0.0427. The predicted octanol–water partition coefficient (Wildman–Crippen LogP) is 2.84. The number of rotatable bonds is 15. The minimum absolute atomic E-state index is 0.280. The van der Waals surface area contributed by atoms with Crippen LogP contribution in [0.3, 0.4) is 0 Å². The largest absolute Gasteiger partial charge is 0.582 e. The Labute approximate surface area is 288 Å². The van der Waals surface area contributed by atoms with Gasteiger partial charge in [0.15, 0.2) is 71.0 Å². The number of aliphatic hydroxyl groups is 2. The summed E-state index contributed by atoms with van der Waals surface area (Å²) < 4.78 is 77.4. The van der Waals surface area contributed by atoms with Gasteiger partial charge in [0.1, 0.15) is 49.4 Å². The van der Waals surface area contributed by atoms with Crippen LogP contribution in [0.1, 0.15) is 18.9 Å². The van der Waals surface area contributed by atoms with E-state index < -0.39 is 76.9 Å². The second-order valence-corrected chi connectivity index (χ2v) is 14.0. The smallest absolute Gasteiger partial charge is 0.394 e. The highest BCUT2D eigenvalue weighted by molar-refractivity contribution is 8.39. The molecule has 2 aliphatic rings. The number of hydrogen-bond acceptors (Lipinski definition) is 16. The van der Waals surface area contributed by atoms with E-state index in [0.717, 1.165) is 0 Å². The number of halogens is 2. The molecule has 0 spiro atoms. The zero-order valence-electron chi connectivity index (χ0n) is 25.1. The van der Waals surface area contributed by atoms with Crippen molar-refractivity contribution in [3.05, 3.63) is 37.5 Å². The van der Waals surface area contributed by atoms with Crippen molar-refractivity contribution in [1.82, 2.24) is 39.0 Å². The van der Waals surface area contributed by atoms with Crippen molar-refractivity contribution in [2.75, 3.05) is 36.9 Å². The molecule has 262 valence electrons. The molecule has 0 amide bonds. The average molecular weight is 763 g/mol. The first-order valence-corrected chi connectivity index (χ1v) is 19.3. The Morgan fingerprint density at radius 3 is 1.76 bits per heavy atom. The Morgan fingerprint density at radius 1 is 0.796 bits per heavy atom. The molecule has 4 aromatic rings. The third-order valence-electron chi connectivity index (χ3n) is 7.74. The second kappa shape index (κ2) is 15.9. The number of thiol groups is 2. The molecular weight excluding hydrogens is 732 g/mol. The van der Waals surface area contributed by atoms with Gasteiger partial charge in [-0.1, -0.05) is 12.2 Å². The van der Waals surface area contributed by atoms with E-state index in [-0.39, 0.29) is 11.3 Å². The van der Waals surface area contributed by atoms with Crippen LogP contribution in [0, 0.1) is 0 Å². The van der Waals surface area contributed by atoms with Gasteiger partial charge >= 0.3 is 14.5 Å². The number of nitrogens with zero attached hydrogens (tertiary/aromatic N) is 8. The first-order valence-electron chi connectivity index (χ1n) is 14.7. The molecule has 2 aliphatic heterocycles. The fourth-order valence-corrected chi connectivity index (χ4v) is 7.13. The third-order valence-corrected chi connectivity index (χ3v) is 9.15. The molecule has 0 bridgehead atoms. The van der Waals surface area contributed by atoms with Crippen LogP contribution < -0.4 is 10.6 Å². The number of hydrogen-bond donors (Lipinski definition) is 6. The fraction of sp³-hybridized carbons (Fsp3) is 0.520. The number of aromatic nitrogens is 8. The monoisotopic (exact) mass is 762 g/mol. The van der Waals surface area contributed by atoms with Crippen LogP contribution >= 0.6 is 39.0 Å². The highest BCUT2D eigenvalue weighted by atomic mass is 32.7. The summed E-state index contributed by atoms with van der Waals surface area (Å²) in [5, 5.41) is 25.5. The molecule has 2 fully saturated rings. The van der Waals surface area contributed by atoms with Crippen molar-refractivity contribution in [2.45, 2.75) is 55.6 Å². The molecule has 2 saturated heterocycles. The van der Waals surface area contributed by atoms with E-state index in [1.165, 1.54) is 34.4 Å². The lowest BCUT2D eigenvalue weighted by atomic mass is 10.1. The quantitative estimate of drug-likeness (QED) is 0.0444. The Balaban J connectivity index is 1.03. The van der Waals surface area contributed by atoms with Crippen LogP contribution in [-0.4, -0.2) is 112 Å². The summed E-state index contributed by atoms with van der Waals surface area (Å²) in [4.78, 5) is 25.5. The van der Waals surface area contributed by atoms with Crippen LogP contribution in [0.5, 0.6) is 0 Å². The molecule has 0 aromatic carbocycles.